The number of ether oxygens (including phenoxy) is 1. The number of pyridine rings is 1. The quantitative estimate of drug-likeness (QED) is 0.615. The van der Waals surface area contributed by atoms with E-state index in [1.165, 1.54) is 17.3 Å². The molecular formula is C21H18F3N5O4. The number of hydrogen-bond donors (Lipinski definition) is 2. The summed E-state index contributed by atoms with van der Waals surface area (Å²) in [5, 5.41) is 15.7. The maximum atomic E-state index is 12.9. The third-order valence-electron chi connectivity index (χ3n) is 5.03. The molecule has 3 aromatic rings. The van der Waals surface area contributed by atoms with Gasteiger partial charge in [-0.05, 0) is 29.8 Å². The molecule has 2 amide bonds. The highest BCUT2D eigenvalue weighted by molar-refractivity contribution is 6.04. The highest BCUT2D eigenvalue weighted by atomic mass is 19.4. The number of rotatable bonds is 4. The Labute approximate surface area is 185 Å². The number of carbonyl (C=O) groups is 2. The van der Waals surface area contributed by atoms with Gasteiger partial charge in [-0.15, -0.1) is 0 Å². The van der Waals surface area contributed by atoms with Crippen LogP contribution in [0.1, 0.15) is 27.6 Å². The van der Waals surface area contributed by atoms with Crippen molar-refractivity contribution in [2.75, 3.05) is 25.0 Å². The minimum Gasteiger partial charge on any atom is -0.465 e. The average Bonchev–Trinajstić information content (AvgIpc) is 3.30. The van der Waals surface area contributed by atoms with Crippen molar-refractivity contribution in [3.63, 3.8) is 0 Å². The highest BCUT2D eigenvalue weighted by Crippen LogP contribution is 2.29. The van der Waals surface area contributed by atoms with Gasteiger partial charge in [0.15, 0.2) is 5.82 Å². The molecule has 4 rings (SSSR count). The number of amides is 2. The molecule has 1 aromatic carbocycles. The van der Waals surface area contributed by atoms with Crippen molar-refractivity contribution in [3.8, 4) is 5.82 Å². The zero-order valence-electron chi connectivity index (χ0n) is 17.0. The molecular weight excluding hydrogens is 443 g/mol. The van der Waals surface area contributed by atoms with Crippen LogP contribution in [-0.2, 0) is 10.9 Å². The molecule has 1 aliphatic rings. The second-order valence-electron chi connectivity index (χ2n) is 7.24. The fourth-order valence-electron chi connectivity index (χ4n) is 3.29. The first kappa shape index (κ1) is 22.3. The molecule has 1 aliphatic heterocycles. The predicted octanol–water partition coefficient (Wildman–Crippen LogP) is 3.59. The Morgan fingerprint density at radius 2 is 1.94 bits per heavy atom. The van der Waals surface area contributed by atoms with Crippen molar-refractivity contribution in [3.05, 3.63) is 71.7 Å². The molecule has 1 fully saturated rings. The van der Waals surface area contributed by atoms with Gasteiger partial charge in [0.25, 0.3) is 5.91 Å². The number of nitrogens with one attached hydrogen (secondary N) is 1. The summed E-state index contributed by atoms with van der Waals surface area (Å²) in [5.41, 5.74) is 0.496. The van der Waals surface area contributed by atoms with E-state index in [0.717, 1.165) is 28.6 Å². The summed E-state index contributed by atoms with van der Waals surface area (Å²) in [6, 6.07) is 8.43. The number of nitrogens with zero attached hydrogens (tertiary/aromatic N) is 4. The van der Waals surface area contributed by atoms with Crippen molar-refractivity contribution < 1.29 is 32.6 Å². The van der Waals surface area contributed by atoms with Crippen molar-refractivity contribution in [1.82, 2.24) is 19.7 Å². The summed E-state index contributed by atoms with van der Waals surface area (Å²) in [7, 11) is 0. The van der Waals surface area contributed by atoms with Crippen molar-refractivity contribution in [2.24, 2.45) is 0 Å². The topological polar surface area (TPSA) is 110 Å². The van der Waals surface area contributed by atoms with Crippen LogP contribution < -0.4 is 5.32 Å². The van der Waals surface area contributed by atoms with Crippen LogP contribution in [-0.4, -0.2) is 56.5 Å². The lowest BCUT2D eigenvalue weighted by Crippen LogP contribution is -2.41. The average molecular weight is 461 g/mol. The number of halogens is 3. The molecule has 0 bridgehead atoms. The summed E-state index contributed by atoms with van der Waals surface area (Å²) in [5.74, 6) is -0.581. The lowest BCUT2D eigenvalue weighted by molar-refractivity contribution is -0.137. The third-order valence-corrected chi connectivity index (χ3v) is 5.03. The Morgan fingerprint density at radius 3 is 2.64 bits per heavy atom. The van der Waals surface area contributed by atoms with E-state index in [4.69, 9.17) is 9.84 Å². The molecule has 0 aliphatic carbocycles. The van der Waals surface area contributed by atoms with Crippen LogP contribution >= 0.6 is 0 Å². The molecule has 0 spiro atoms. The number of aromatic nitrogens is 3. The molecule has 172 valence electrons. The SMILES string of the molecule is O=C(Nc1ccc([C@H]2CN(C(=O)O)CCO2)cc1)c1cnn(-c2cc(C(F)(F)F)ccn2)c1. The smallest absolute Gasteiger partial charge is 0.416 e. The van der Waals surface area contributed by atoms with Gasteiger partial charge in [0.2, 0.25) is 0 Å². The highest BCUT2D eigenvalue weighted by Gasteiger charge is 2.31. The Balaban J connectivity index is 1.42. The molecule has 2 aromatic heterocycles. The van der Waals surface area contributed by atoms with Crippen LogP contribution in [0.3, 0.4) is 0 Å². The fraction of sp³-hybridized carbons (Fsp3) is 0.238. The zero-order chi connectivity index (χ0) is 23.6. The van der Waals surface area contributed by atoms with Crippen LogP contribution in [0.5, 0.6) is 0 Å². The minimum absolute atomic E-state index is 0.0730. The van der Waals surface area contributed by atoms with Crippen LogP contribution in [0, 0.1) is 0 Å². The fourth-order valence-corrected chi connectivity index (χ4v) is 3.29. The van der Waals surface area contributed by atoms with Crippen LogP contribution in [0.2, 0.25) is 0 Å². The number of hydrogen-bond acceptors (Lipinski definition) is 5. The first-order valence-electron chi connectivity index (χ1n) is 9.80. The number of benzene rings is 1. The number of carbonyl (C=O) groups excluding carboxylic acids is 1. The number of anilines is 1. The molecule has 0 unspecified atom stereocenters. The van der Waals surface area contributed by atoms with Gasteiger partial charge in [0.1, 0.15) is 6.10 Å². The van der Waals surface area contributed by atoms with E-state index in [1.807, 2.05) is 0 Å². The van der Waals surface area contributed by atoms with Gasteiger partial charge in [0, 0.05) is 24.6 Å². The van der Waals surface area contributed by atoms with E-state index in [9.17, 15) is 22.8 Å². The van der Waals surface area contributed by atoms with Gasteiger partial charge in [0.05, 0.1) is 30.5 Å². The summed E-state index contributed by atoms with van der Waals surface area (Å²) in [6.07, 6.45) is -2.41. The second kappa shape index (κ2) is 8.90. The van der Waals surface area contributed by atoms with E-state index in [0.29, 0.717) is 18.8 Å². The van der Waals surface area contributed by atoms with Gasteiger partial charge in [-0.1, -0.05) is 12.1 Å². The molecule has 1 saturated heterocycles. The van der Waals surface area contributed by atoms with Crippen LogP contribution in [0.15, 0.2) is 55.0 Å². The van der Waals surface area contributed by atoms with Crippen molar-refractivity contribution in [1.29, 1.82) is 0 Å². The largest absolute Gasteiger partial charge is 0.465 e. The number of alkyl halides is 3. The zero-order valence-corrected chi connectivity index (χ0v) is 17.0. The van der Waals surface area contributed by atoms with E-state index >= 15 is 0 Å². The van der Waals surface area contributed by atoms with Crippen LogP contribution in [0.25, 0.3) is 5.82 Å². The molecule has 12 heteroatoms. The maximum Gasteiger partial charge on any atom is 0.416 e. The van der Waals surface area contributed by atoms with Gasteiger partial charge < -0.3 is 20.1 Å². The standard InChI is InChI=1S/C21H18F3N5O4/c22-21(23,24)15-5-6-25-18(9-15)29-11-14(10-26-29)19(30)27-16-3-1-13(2-4-16)17-12-28(20(31)32)7-8-33-17/h1-6,9-11,17H,7-8,12H2,(H,27,30)(H,31,32)/t17-/m1/s1. The number of carboxylic acid groups (broad SMARTS) is 1. The van der Waals surface area contributed by atoms with Gasteiger partial charge >= 0.3 is 12.3 Å². The summed E-state index contributed by atoms with van der Waals surface area (Å²) in [4.78, 5) is 28.8. The first-order chi connectivity index (χ1) is 15.7. The van der Waals surface area contributed by atoms with Crippen molar-refractivity contribution >= 4 is 17.7 Å². The minimum atomic E-state index is -4.52. The molecule has 0 saturated carbocycles. The van der Waals surface area contributed by atoms with E-state index in [1.54, 1.807) is 24.3 Å². The Bertz CT molecular complexity index is 1160. The van der Waals surface area contributed by atoms with Gasteiger partial charge in [-0.3, -0.25) is 4.79 Å². The monoisotopic (exact) mass is 461 g/mol. The third kappa shape index (κ3) is 5.12. The van der Waals surface area contributed by atoms with Gasteiger partial charge in [-0.25, -0.2) is 14.5 Å². The molecule has 33 heavy (non-hydrogen) atoms. The molecule has 9 nitrogen and oxygen atoms in total. The van der Waals surface area contributed by atoms with E-state index < -0.39 is 29.8 Å². The Hall–Kier alpha value is -3.93. The first-order valence-corrected chi connectivity index (χ1v) is 9.80. The normalized spacial score (nSPS) is 16.5. The summed E-state index contributed by atoms with van der Waals surface area (Å²) in [6.45, 7) is 0.813. The van der Waals surface area contributed by atoms with Crippen LogP contribution in [0.4, 0.5) is 23.7 Å². The van der Waals surface area contributed by atoms with E-state index in [-0.39, 0.29) is 17.9 Å². The predicted molar refractivity (Wildman–Crippen MR) is 109 cm³/mol. The Kier molecular flexibility index (Phi) is 6.01. The lowest BCUT2D eigenvalue weighted by atomic mass is 10.1. The molecule has 1 atom stereocenters. The van der Waals surface area contributed by atoms with Gasteiger partial charge in [-0.2, -0.15) is 18.3 Å². The summed E-state index contributed by atoms with van der Waals surface area (Å²) >= 11 is 0. The lowest BCUT2D eigenvalue weighted by Gasteiger charge is -2.31. The molecule has 3 heterocycles. The molecule has 2 N–H and O–H groups in total. The van der Waals surface area contributed by atoms with Crippen molar-refractivity contribution in [2.45, 2.75) is 12.3 Å². The van der Waals surface area contributed by atoms with E-state index in [2.05, 4.69) is 15.4 Å². The Morgan fingerprint density at radius 1 is 1.18 bits per heavy atom. The maximum absolute atomic E-state index is 12.9. The second-order valence-corrected chi connectivity index (χ2v) is 7.24. The summed E-state index contributed by atoms with van der Waals surface area (Å²) < 4.78 is 45.4. The molecule has 0 radical (unpaired) electrons. The number of morpholine rings is 1.